The average molecular weight is 307 g/mol. The van der Waals surface area contributed by atoms with Crippen LogP contribution in [0.5, 0.6) is 0 Å². The van der Waals surface area contributed by atoms with Crippen molar-refractivity contribution in [1.82, 2.24) is 4.90 Å². The van der Waals surface area contributed by atoms with Crippen molar-refractivity contribution in [2.24, 2.45) is 11.8 Å². The zero-order valence-corrected chi connectivity index (χ0v) is 13.3. The Labute approximate surface area is 131 Å². The monoisotopic (exact) mass is 306 g/mol. The summed E-state index contributed by atoms with van der Waals surface area (Å²) in [4.78, 5) is 14.5. The molecule has 0 aromatic heterocycles. The van der Waals surface area contributed by atoms with Gasteiger partial charge in [0.05, 0.1) is 0 Å². The van der Waals surface area contributed by atoms with Crippen LogP contribution in [0.2, 0.25) is 5.02 Å². The number of benzene rings is 1. The zero-order valence-electron chi connectivity index (χ0n) is 12.6. The van der Waals surface area contributed by atoms with E-state index in [-0.39, 0.29) is 6.03 Å². The first-order chi connectivity index (χ1) is 10.1. The number of carbonyl (C=O) groups excluding carboxylic acids is 1. The minimum Gasteiger partial charge on any atom is -0.324 e. The first-order valence-corrected chi connectivity index (χ1v) is 8.33. The van der Waals surface area contributed by atoms with E-state index in [2.05, 4.69) is 5.32 Å². The number of nitrogens with zero attached hydrogens (tertiary/aromatic N) is 1. The largest absolute Gasteiger partial charge is 0.324 e. The highest BCUT2D eigenvalue weighted by atomic mass is 35.5. The molecule has 21 heavy (non-hydrogen) atoms. The number of halogens is 1. The van der Waals surface area contributed by atoms with Crippen molar-refractivity contribution in [1.29, 1.82) is 0 Å². The minimum absolute atomic E-state index is 0.0180. The summed E-state index contributed by atoms with van der Waals surface area (Å²) in [6.45, 7) is 3.78. The van der Waals surface area contributed by atoms with Crippen molar-refractivity contribution in [2.45, 2.75) is 39.0 Å². The summed E-state index contributed by atoms with van der Waals surface area (Å²) in [5, 5.41) is 3.67. The van der Waals surface area contributed by atoms with Gasteiger partial charge in [0.15, 0.2) is 0 Å². The van der Waals surface area contributed by atoms with Crippen molar-refractivity contribution in [3.63, 3.8) is 0 Å². The van der Waals surface area contributed by atoms with Crippen LogP contribution in [0.3, 0.4) is 0 Å². The number of anilines is 1. The molecule has 0 radical (unpaired) electrons. The molecule has 2 amide bonds. The summed E-state index contributed by atoms with van der Waals surface area (Å²) >= 11 is 6.01. The molecule has 1 saturated carbocycles. The molecule has 3 nitrogen and oxygen atoms in total. The van der Waals surface area contributed by atoms with Gasteiger partial charge in [-0.15, -0.1) is 0 Å². The number of hydrogen-bond acceptors (Lipinski definition) is 1. The molecule has 0 spiro atoms. The van der Waals surface area contributed by atoms with E-state index in [1.165, 1.54) is 25.7 Å². The number of rotatable bonds is 1. The van der Waals surface area contributed by atoms with Gasteiger partial charge in [0.2, 0.25) is 0 Å². The summed E-state index contributed by atoms with van der Waals surface area (Å²) in [7, 11) is 0. The Balaban J connectivity index is 1.64. The van der Waals surface area contributed by atoms with Gasteiger partial charge in [-0.1, -0.05) is 36.9 Å². The maximum Gasteiger partial charge on any atom is 0.321 e. The number of hydrogen-bond donors (Lipinski definition) is 1. The molecule has 1 aromatic rings. The van der Waals surface area contributed by atoms with Crippen LogP contribution in [0, 0.1) is 18.8 Å². The van der Waals surface area contributed by atoms with Gasteiger partial charge in [-0.3, -0.25) is 0 Å². The van der Waals surface area contributed by atoms with Crippen LogP contribution in [-0.4, -0.2) is 24.0 Å². The Morgan fingerprint density at radius 1 is 1.24 bits per heavy atom. The average Bonchev–Trinajstić information content (AvgIpc) is 2.50. The molecule has 0 bridgehead atoms. The number of carbonyl (C=O) groups is 1. The van der Waals surface area contributed by atoms with Crippen molar-refractivity contribution in [3.8, 4) is 0 Å². The maximum atomic E-state index is 12.5. The first kappa shape index (κ1) is 14.7. The van der Waals surface area contributed by atoms with Crippen LogP contribution in [0.25, 0.3) is 0 Å². The summed E-state index contributed by atoms with van der Waals surface area (Å²) in [5.74, 6) is 1.55. The van der Waals surface area contributed by atoms with Crippen molar-refractivity contribution in [2.75, 3.05) is 18.4 Å². The van der Waals surface area contributed by atoms with E-state index in [0.29, 0.717) is 10.9 Å². The number of piperidine rings is 1. The van der Waals surface area contributed by atoms with E-state index in [9.17, 15) is 4.79 Å². The second-order valence-electron chi connectivity index (χ2n) is 6.43. The molecule has 1 aromatic carbocycles. The fourth-order valence-electron chi connectivity index (χ4n) is 3.71. The highest BCUT2D eigenvalue weighted by molar-refractivity contribution is 6.31. The van der Waals surface area contributed by atoms with Crippen LogP contribution >= 0.6 is 11.6 Å². The lowest BCUT2D eigenvalue weighted by molar-refractivity contribution is 0.108. The van der Waals surface area contributed by atoms with Gasteiger partial charge in [-0.25, -0.2) is 4.79 Å². The Morgan fingerprint density at radius 3 is 2.81 bits per heavy atom. The summed E-state index contributed by atoms with van der Waals surface area (Å²) in [6.07, 6.45) is 6.49. The maximum absolute atomic E-state index is 12.5. The SMILES string of the molecule is Cc1ccc(Cl)cc1NC(=O)N1CC[C@H]2CCCC[C@H]2C1. The quantitative estimate of drug-likeness (QED) is 0.802. The van der Waals surface area contributed by atoms with Crippen LogP contribution in [0.1, 0.15) is 37.7 Å². The Hall–Kier alpha value is -1.22. The number of urea groups is 1. The highest BCUT2D eigenvalue weighted by Crippen LogP contribution is 2.36. The molecule has 1 N–H and O–H groups in total. The molecule has 1 heterocycles. The Kier molecular flexibility index (Phi) is 4.39. The summed E-state index contributed by atoms with van der Waals surface area (Å²) in [6, 6.07) is 5.62. The standard InChI is InChI=1S/C17H23ClN2O/c1-12-6-7-15(18)10-16(12)19-17(21)20-9-8-13-4-2-3-5-14(13)11-20/h6-7,10,13-14H,2-5,8-9,11H2,1H3,(H,19,21)/t13-,14+/m1/s1. The van der Waals surface area contributed by atoms with Gasteiger partial charge >= 0.3 is 6.03 Å². The number of nitrogens with one attached hydrogen (secondary N) is 1. The van der Waals surface area contributed by atoms with Gasteiger partial charge in [0.25, 0.3) is 0 Å². The van der Waals surface area contributed by atoms with E-state index in [1.54, 1.807) is 0 Å². The Bertz CT molecular complexity index is 532. The molecular formula is C17H23ClN2O. The fourth-order valence-corrected chi connectivity index (χ4v) is 3.88. The van der Waals surface area contributed by atoms with E-state index in [4.69, 9.17) is 11.6 Å². The topological polar surface area (TPSA) is 32.3 Å². The van der Waals surface area contributed by atoms with Crippen LogP contribution < -0.4 is 5.32 Å². The van der Waals surface area contributed by atoms with E-state index >= 15 is 0 Å². The molecule has 2 aliphatic rings. The normalized spacial score (nSPS) is 25.3. The predicted molar refractivity (Wildman–Crippen MR) is 86.8 cm³/mol. The van der Waals surface area contributed by atoms with E-state index < -0.39 is 0 Å². The van der Waals surface area contributed by atoms with Gasteiger partial charge in [-0.2, -0.15) is 0 Å². The third-order valence-electron chi connectivity index (χ3n) is 5.02. The molecule has 1 aliphatic carbocycles. The van der Waals surface area contributed by atoms with Gasteiger partial charge in [-0.05, 0) is 49.3 Å². The highest BCUT2D eigenvalue weighted by Gasteiger charge is 2.32. The van der Waals surface area contributed by atoms with E-state index in [1.807, 2.05) is 30.0 Å². The van der Waals surface area contributed by atoms with Crippen molar-refractivity contribution >= 4 is 23.3 Å². The fraction of sp³-hybridized carbons (Fsp3) is 0.588. The van der Waals surface area contributed by atoms with Gasteiger partial charge in [0.1, 0.15) is 0 Å². The molecule has 1 saturated heterocycles. The number of fused-ring (bicyclic) bond motifs is 1. The van der Waals surface area contributed by atoms with Crippen LogP contribution in [0.15, 0.2) is 18.2 Å². The van der Waals surface area contributed by atoms with Crippen LogP contribution in [0.4, 0.5) is 10.5 Å². The molecule has 4 heteroatoms. The molecule has 2 fully saturated rings. The molecule has 0 unspecified atom stereocenters. The summed E-state index contributed by atoms with van der Waals surface area (Å²) in [5.41, 5.74) is 1.86. The number of amides is 2. The minimum atomic E-state index is 0.0180. The van der Waals surface area contributed by atoms with Gasteiger partial charge < -0.3 is 10.2 Å². The first-order valence-electron chi connectivity index (χ1n) is 7.95. The molecule has 1 aliphatic heterocycles. The third kappa shape index (κ3) is 3.34. The predicted octanol–water partition coefficient (Wildman–Crippen LogP) is 4.69. The third-order valence-corrected chi connectivity index (χ3v) is 5.25. The second kappa shape index (κ2) is 6.27. The smallest absolute Gasteiger partial charge is 0.321 e. The lowest BCUT2D eigenvalue weighted by Gasteiger charge is -2.41. The molecular weight excluding hydrogens is 284 g/mol. The Morgan fingerprint density at radius 2 is 2.00 bits per heavy atom. The lowest BCUT2D eigenvalue weighted by atomic mass is 9.75. The van der Waals surface area contributed by atoms with Crippen molar-refractivity contribution in [3.05, 3.63) is 28.8 Å². The zero-order chi connectivity index (χ0) is 14.8. The molecule has 2 atom stereocenters. The van der Waals surface area contributed by atoms with Gasteiger partial charge in [0, 0.05) is 23.8 Å². The molecule has 3 rings (SSSR count). The second-order valence-corrected chi connectivity index (χ2v) is 6.87. The lowest BCUT2D eigenvalue weighted by Crippen LogP contribution is -2.46. The molecule has 114 valence electrons. The van der Waals surface area contributed by atoms with Crippen molar-refractivity contribution < 1.29 is 4.79 Å². The van der Waals surface area contributed by atoms with Crippen LogP contribution in [-0.2, 0) is 0 Å². The summed E-state index contributed by atoms with van der Waals surface area (Å²) < 4.78 is 0. The number of aryl methyl sites for hydroxylation is 1. The number of likely N-dealkylation sites (tertiary alicyclic amines) is 1. The van der Waals surface area contributed by atoms with E-state index in [0.717, 1.165) is 36.7 Å².